The molecular formula is C33H32N2O6S. The van der Waals surface area contributed by atoms with Crippen LogP contribution in [-0.2, 0) is 32.5 Å². The van der Waals surface area contributed by atoms with E-state index in [1.807, 2.05) is 38.1 Å². The van der Waals surface area contributed by atoms with Crippen molar-refractivity contribution in [3.8, 4) is 16.9 Å². The SMILES string of the molecule is Cc1ccc(C)c(-c2ccc(S(=O)(=O)N3c4ccccc4C[C@H]3C(=O)NCCOc3ccc(CC(=O)O)cc3)cc2)c1. The molecule has 0 saturated carbocycles. The molecule has 5 rings (SSSR count). The molecule has 0 saturated heterocycles. The van der Waals surface area contributed by atoms with Gasteiger partial charge in [-0.3, -0.25) is 13.9 Å². The fourth-order valence-electron chi connectivity index (χ4n) is 5.16. The minimum atomic E-state index is -4.05. The summed E-state index contributed by atoms with van der Waals surface area (Å²) in [5, 5.41) is 11.7. The molecule has 0 aliphatic carbocycles. The molecule has 9 heteroatoms. The minimum absolute atomic E-state index is 0.0734. The molecule has 0 spiro atoms. The van der Waals surface area contributed by atoms with Crippen molar-refractivity contribution in [2.24, 2.45) is 0 Å². The van der Waals surface area contributed by atoms with Gasteiger partial charge in [0.2, 0.25) is 5.91 Å². The number of fused-ring (bicyclic) bond motifs is 1. The first-order valence-corrected chi connectivity index (χ1v) is 15.1. The number of sulfonamides is 1. The highest BCUT2D eigenvalue weighted by Crippen LogP contribution is 2.37. The summed E-state index contributed by atoms with van der Waals surface area (Å²) >= 11 is 0. The molecule has 1 aliphatic rings. The van der Waals surface area contributed by atoms with Gasteiger partial charge in [0.05, 0.1) is 23.5 Å². The largest absolute Gasteiger partial charge is 0.492 e. The predicted molar refractivity (Wildman–Crippen MR) is 161 cm³/mol. The van der Waals surface area contributed by atoms with E-state index in [1.54, 1.807) is 60.7 Å². The summed E-state index contributed by atoms with van der Waals surface area (Å²) < 4.78 is 34.9. The number of carbonyl (C=O) groups is 2. The number of nitrogens with zero attached hydrogens (tertiary/aromatic N) is 1. The third-order valence-corrected chi connectivity index (χ3v) is 9.13. The maximum absolute atomic E-state index is 14.0. The second-order valence-electron chi connectivity index (χ2n) is 10.3. The Bertz CT molecular complexity index is 1720. The Morgan fingerprint density at radius 1 is 0.952 bits per heavy atom. The zero-order valence-electron chi connectivity index (χ0n) is 23.4. The van der Waals surface area contributed by atoms with Gasteiger partial charge in [0, 0.05) is 6.42 Å². The van der Waals surface area contributed by atoms with Crippen LogP contribution in [0.1, 0.15) is 22.3 Å². The second kappa shape index (κ2) is 12.1. The van der Waals surface area contributed by atoms with E-state index in [4.69, 9.17) is 9.84 Å². The summed E-state index contributed by atoms with van der Waals surface area (Å²) in [5.74, 6) is -0.784. The number of amides is 1. The molecule has 1 heterocycles. The molecule has 0 fully saturated rings. The normalized spacial score (nSPS) is 14.3. The average molecular weight is 585 g/mol. The Labute approximate surface area is 245 Å². The molecule has 2 N–H and O–H groups in total. The molecule has 1 atom stereocenters. The average Bonchev–Trinajstić information content (AvgIpc) is 3.38. The molecule has 1 aliphatic heterocycles. The Morgan fingerprint density at radius 3 is 2.38 bits per heavy atom. The number of rotatable bonds is 10. The predicted octanol–water partition coefficient (Wildman–Crippen LogP) is 4.91. The monoisotopic (exact) mass is 584 g/mol. The molecule has 0 radical (unpaired) electrons. The lowest BCUT2D eigenvalue weighted by atomic mass is 9.99. The van der Waals surface area contributed by atoms with Gasteiger partial charge in [-0.15, -0.1) is 0 Å². The van der Waals surface area contributed by atoms with Crippen LogP contribution in [0.2, 0.25) is 0 Å². The lowest BCUT2D eigenvalue weighted by Gasteiger charge is -2.26. The van der Waals surface area contributed by atoms with Crippen LogP contribution in [0.4, 0.5) is 5.69 Å². The number of carbonyl (C=O) groups excluding carboxylic acids is 1. The number of benzene rings is 4. The molecule has 4 aromatic rings. The molecular weight excluding hydrogens is 552 g/mol. The summed E-state index contributed by atoms with van der Waals surface area (Å²) in [6.07, 6.45) is 0.184. The molecule has 1 amide bonds. The summed E-state index contributed by atoms with van der Waals surface area (Å²) in [7, 11) is -4.05. The first-order chi connectivity index (χ1) is 20.1. The van der Waals surface area contributed by atoms with Crippen LogP contribution < -0.4 is 14.4 Å². The topological polar surface area (TPSA) is 113 Å². The number of nitrogens with one attached hydrogen (secondary N) is 1. The Balaban J connectivity index is 1.30. The van der Waals surface area contributed by atoms with E-state index < -0.39 is 27.9 Å². The van der Waals surface area contributed by atoms with Crippen molar-refractivity contribution in [3.05, 3.63) is 113 Å². The summed E-state index contributed by atoms with van der Waals surface area (Å²) in [4.78, 5) is 24.3. The molecule has 0 unspecified atom stereocenters. The number of aryl methyl sites for hydroxylation is 2. The van der Waals surface area contributed by atoms with Crippen LogP contribution >= 0.6 is 0 Å². The van der Waals surface area contributed by atoms with Crippen molar-refractivity contribution >= 4 is 27.6 Å². The van der Waals surface area contributed by atoms with Crippen LogP contribution in [0.3, 0.4) is 0 Å². The standard InChI is InChI=1S/C33H32N2O6S/c1-22-7-8-23(2)29(19-22)25-11-15-28(16-12-25)42(39,40)35-30-6-4-3-5-26(30)21-31(35)33(38)34-17-18-41-27-13-9-24(10-14-27)20-32(36)37/h3-16,19,31H,17-18,20-21H2,1-2H3,(H,34,38)(H,36,37)/t31-/m0/s1. The van der Waals surface area contributed by atoms with Crippen LogP contribution in [-0.4, -0.2) is 44.6 Å². The Morgan fingerprint density at radius 2 is 1.67 bits per heavy atom. The van der Waals surface area contributed by atoms with Crippen molar-refractivity contribution in [2.75, 3.05) is 17.5 Å². The van der Waals surface area contributed by atoms with Gasteiger partial charge in [-0.2, -0.15) is 0 Å². The van der Waals surface area contributed by atoms with E-state index in [2.05, 4.69) is 11.4 Å². The number of hydrogen-bond acceptors (Lipinski definition) is 5. The van der Waals surface area contributed by atoms with Crippen LogP contribution in [0.15, 0.2) is 95.9 Å². The number of hydrogen-bond donors (Lipinski definition) is 2. The number of ether oxygens (including phenoxy) is 1. The third kappa shape index (κ3) is 6.16. The highest BCUT2D eigenvalue weighted by molar-refractivity contribution is 7.93. The first kappa shape index (κ1) is 28.9. The Kier molecular flexibility index (Phi) is 8.31. The van der Waals surface area contributed by atoms with Gasteiger partial charge >= 0.3 is 5.97 Å². The smallest absolute Gasteiger partial charge is 0.307 e. The van der Waals surface area contributed by atoms with Gasteiger partial charge in [-0.05, 0) is 72.0 Å². The lowest BCUT2D eigenvalue weighted by Crippen LogP contribution is -2.48. The van der Waals surface area contributed by atoms with E-state index in [-0.39, 0.29) is 30.9 Å². The van der Waals surface area contributed by atoms with Crippen molar-refractivity contribution in [1.82, 2.24) is 5.32 Å². The third-order valence-electron chi connectivity index (χ3n) is 7.29. The van der Waals surface area contributed by atoms with Gasteiger partial charge in [0.1, 0.15) is 18.4 Å². The Hall–Kier alpha value is -4.63. The number of carboxylic acids is 1. The molecule has 216 valence electrons. The highest BCUT2D eigenvalue weighted by Gasteiger charge is 2.42. The van der Waals surface area contributed by atoms with Crippen LogP contribution in [0.5, 0.6) is 5.75 Å². The van der Waals surface area contributed by atoms with E-state index in [9.17, 15) is 18.0 Å². The van der Waals surface area contributed by atoms with Gasteiger partial charge < -0.3 is 15.2 Å². The molecule has 42 heavy (non-hydrogen) atoms. The summed E-state index contributed by atoms with van der Waals surface area (Å²) in [6.45, 7) is 4.37. The van der Waals surface area contributed by atoms with Crippen molar-refractivity contribution < 1.29 is 27.9 Å². The summed E-state index contributed by atoms with van der Waals surface area (Å²) in [5.41, 5.74) is 6.11. The summed E-state index contributed by atoms with van der Waals surface area (Å²) in [6, 6.07) is 25.9. The molecule has 8 nitrogen and oxygen atoms in total. The highest BCUT2D eigenvalue weighted by atomic mass is 32.2. The maximum atomic E-state index is 14.0. The number of carboxylic acid groups (broad SMARTS) is 1. The van der Waals surface area contributed by atoms with Gasteiger partial charge in [0.15, 0.2) is 0 Å². The van der Waals surface area contributed by atoms with Gasteiger partial charge in [-0.1, -0.05) is 66.2 Å². The molecule has 0 aromatic heterocycles. The zero-order valence-corrected chi connectivity index (χ0v) is 24.2. The van der Waals surface area contributed by atoms with E-state index >= 15 is 0 Å². The van der Waals surface area contributed by atoms with Gasteiger partial charge in [-0.25, -0.2) is 8.42 Å². The van der Waals surface area contributed by atoms with E-state index in [1.165, 1.54) is 4.31 Å². The zero-order chi connectivity index (χ0) is 29.9. The van der Waals surface area contributed by atoms with Crippen molar-refractivity contribution in [2.45, 2.75) is 37.6 Å². The van der Waals surface area contributed by atoms with E-state index in [0.717, 1.165) is 27.8 Å². The number of para-hydroxylation sites is 1. The molecule has 0 bridgehead atoms. The van der Waals surface area contributed by atoms with Crippen molar-refractivity contribution in [1.29, 1.82) is 0 Å². The van der Waals surface area contributed by atoms with Crippen LogP contribution in [0, 0.1) is 13.8 Å². The minimum Gasteiger partial charge on any atom is -0.492 e. The van der Waals surface area contributed by atoms with E-state index in [0.29, 0.717) is 17.0 Å². The van der Waals surface area contributed by atoms with Gasteiger partial charge in [0.25, 0.3) is 10.0 Å². The quantitative estimate of drug-likeness (QED) is 0.256. The fourth-order valence-corrected chi connectivity index (χ4v) is 6.81. The number of aliphatic carboxylic acids is 1. The maximum Gasteiger partial charge on any atom is 0.307 e. The first-order valence-electron chi connectivity index (χ1n) is 13.6. The molecule has 4 aromatic carbocycles. The second-order valence-corrected chi connectivity index (χ2v) is 12.2. The number of anilines is 1. The lowest BCUT2D eigenvalue weighted by molar-refractivity contribution is -0.136. The van der Waals surface area contributed by atoms with Crippen LogP contribution in [0.25, 0.3) is 11.1 Å². The van der Waals surface area contributed by atoms with Crippen molar-refractivity contribution in [3.63, 3.8) is 0 Å². The fraction of sp³-hybridized carbons (Fsp3) is 0.212.